The van der Waals surface area contributed by atoms with Gasteiger partial charge in [0.05, 0.1) is 16.8 Å². The van der Waals surface area contributed by atoms with Crippen molar-refractivity contribution in [3.05, 3.63) is 29.0 Å². The maximum absolute atomic E-state index is 9.51. The highest BCUT2D eigenvalue weighted by Gasteiger charge is 2.06. The normalized spacial score (nSPS) is 12.9. The van der Waals surface area contributed by atoms with E-state index in [9.17, 15) is 5.11 Å². The van der Waals surface area contributed by atoms with E-state index < -0.39 is 6.10 Å². The van der Waals surface area contributed by atoms with Gasteiger partial charge < -0.3 is 5.11 Å². The Hall–Kier alpha value is -0.600. The summed E-state index contributed by atoms with van der Waals surface area (Å²) >= 11 is 5.65. The lowest BCUT2D eigenvalue weighted by Gasteiger charge is -2.07. The molecule has 0 amide bonds. The maximum atomic E-state index is 9.51. The van der Waals surface area contributed by atoms with E-state index in [0.29, 0.717) is 10.7 Å². The molecule has 0 bridgehead atoms. The minimum atomic E-state index is -0.452. The second kappa shape index (κ2) is 4.43. The lowest BCUT2D eigenvalue weighted by atomic mass is 10.1. The van der Waals surface area contributed by atoms with Crippen LogP contribution in [0.3, 0.4) is 0 Å². The van der Waals surface area contributed by atoms with Gasteiger partial charge in [-0.25, -0.2) is 0 Å². The molecule has 2 nitrogen and oxygen atoms in total. The number of nitrogens with zero attached hydrogens (tertiary/aromatic N) is 1. The van der Waals surface area contributed by atoms with Gasteiger partial charge >= 0.3 is 0 Å². The molecule has 3 heteroatoms. The van der Waals surface area contributed by atoms with Gasteiger partial charge in [-0.3, -0.25) is 4.98 Å². The van der Waals surface area contributed by atoms with E-state index in [0.717, 1.165) is 12.8 Å². The highest BCUT2D eigenvalue weighted by Crippen LogP contribution is 2.16. The maximum Gasteiger partial charge on any atom is 0.0959 e. The molecule has 12 heavy (non-hydrogen) atoms. The molecular formula is C9H12ClNO. The summed E-state index contributed by atoms with van der Waals surface area (Å²) in [5.74, 6) is 0. The van der Waals surface area contributed by atoms with Gasteiger partial charge in [0.25, 0.3) is 0 Å². The zero-order valence-electron chi connectivity index (χ0n) is 7.00. The van der Waals surface area contributed by atoms with Crippen molar-refractivity contribution in [2.45, 2.75) is 25.9 Å². The highest BCUT2D eigenvalue weighted by molar-refractivity contribution is 6.30. The summed E-state index contributed by atoms with van der Waals surface area (Å²) in [4.78, 5) is 4.01. The van der Waals surface area contributed by atoms with Gasteiger partial charge in [-0.2, -0.15) is 0 Å². The number of rotatable bonds is 3. The van der Waals surface area contributed by atoms with E-state index in [2.05, 4.69) is 4.98 Å². The van der Waals surface area contributed by atoms with Crippen LogP contribution in [-0.4, -0.2) is 10.1 Å². The van der Waals surface area contributed by atoms with Gasteiger partial charge in [0.1, 0.15) is 0 Å². The topological polar surface area (TPSA) is 33.1 Å². The molecule has 0 aliphatic heterocycles. The first-order valence-corrected chi connectivity index (χ1v) is 4.41. The quantitative estimate of drug-likeness (QED) is 0.785. The zero-order valence-corrected chi connectivity index (χ0v) is 7.75. The Morgan fingerprint density at radius 2 is 2.33 bits per heavy atom. The number of pyridine rings is 1. The second-order valence-electron chi connectivity index (χ2n) is 2.71. The number of aromatic nitrogens is 1. The van der Waals surface area contributed by atoms with E-state index >= 15 is 0 Å². The number of hydrogen-bond acceptors (Lipinski definition) is 2. The third-order valence-electron chi connectivity index (χ3n) is 1.65. The molecule has 1 atom stereocenters. The fraction of sp³-hybridized carbons (Fsp3) is 0.444. The molecular weight excluding hydrogens is 174 g/mol. The van der Waals surface area contributed by atoms with Crippen molar-refractivity contribution in [3.63, 3.8) is 0 Å². The molecule has 0 spiro atoms. The molecule has 0 saturated heterocycles. The number of aliphatic hydroxyl groups excluding tert-OH is 1. The second-order valence-corrected chi connectivity index (χ2v) is 3.14. The number of halogens is 1. The Balaban J connectivity index is 2.68. The van der Waals surface area contributed by atoms with Crippen molar-refractivity contribution in [1.29, 1.82) is 0 Å². The van der Waals surface area contributed by atoms with Crippen molar-refractivity contribution < 1.29 is 5.11 Å². The largest absolute Gasteiger partial charge is 0.387 e. The molecule has 1 N–H and O–H groups in total. The van der Waals surface area contributed by atoms with Crippen LogP contribution in [0.5, 0.6) is 0 Å². The third kappa shape index (κ3) is 2.47. The van der Waals surface area contributed by atoms with Crippen LogP contribution in [0.25, 0.3) is 0 Å². The van der Waals surface area contributed by atoms with Crippen LogP contribution >= 0.6 is 11.6 Å². The molecule has 0 aliphatic rings. The Labute approximate surface area is 77.2 Å². The van der Waals surface area contributed by atoms with E-state index in [1.165, 1.54) is 0 Å². The molecule has 0 saturated carbocycles. The average molecular weight is 186 g/mol. The monoisotopic (exact) mass is 185 g/mol. The van der Waals surface area contributed by atoms with Crippen molar-refractivity contribution in [1.82, 2.24) is 4.98 Å². The van der Waals surface area contributed by atoms with Gasteiger partial charge in [0, 0.05) is 6.20 Å². The fourth-order valence-corrected chi connectivity index (χ4v) is 1.12. The average Bonchev–Trinajstić information content (AvgIpc) is 2.06. The molecule has 1 heterocycles. The SMILES string of the molecule is CCC[C@@H](O)c1ccc(Cl)cn1. The van der Waals surface area contributed by atoms with Gasteiger partial charge in [-0.15, -0.1) is 0 Å². The van der Waals surface area contributed by atoms with Crippen LogP contribution in [-0.2, 0) is 0 Å². The zero-order chi connectivity index (χ0) is 8.97. The molecule has 0 aliphatic carbocycles. The van der Waals surface area contributed by atoms with E-state index in [1.54, 1.807) is 18.3 Å². The molecule has 0 radical (unpaired) electrons. The summed E-state index contributed by atoms with van der Waals surface area (Å²) in [6.45, 7) is 2.03. The first-order chi connectivity index (χ1) is 5.74. The summed E-state index contributed by atoms with van der Waals surface area (Å²) in [5.41, 5.74) is 0.696. The Bertz CT molecular complexity index is 235. The minimum absolute atomic E-state index is 0.452. The van der Waals surface area contributed by atoms with E-state index in [1.807, 2.05) is 6.92 Å². The molecule has 0 unspecified atom stereocenters. The van der Waals surface area contributed by atoms with Crippen LogP contribution in [0, 0.1) is 0 Å². The summed E-state index contributed by atoms with van der Waals surface area (Å²) in [7, 11) is 0. The fourth-order valence-electron chi connectivity index (χ4n) is 1.01. The molecule has 0 fully saturated rings. The first-order valence-electron chi connectivity index (χ1n) is 4.03. The number of hydrogen-bond donors (Lipinski definition) is 1. The summed E-state index contributed by atoms with van der Waals surface area (Å²) in [6.07, 6.45) is 2.79. The summed E-state index contributed by atoms with van der Waals surface area (Å²) in [6, 6.07) is 3.49. The molecule has 1 aromatic heterocycles. The Kier molecular flexibility index (Phi) is 3.50. The van der Waals surface area contributed by atoms with Gasteiger partial charge in [-0.1, -0.05) is 24.9 Å². The molecule has 66 valence electrons. The van der Waals surface area contributed by atoms with Crippen molar-refractivity contribution in [2.75, 3.05) is 0 Å². The van der Waals surface area contributed by atoms with Crippen molar-refractivity contribution in [2.24, 2.45) is 0 Å². The van der Waals surface area contributed by atoms with Gasteiger partial charge in [0.2, 0.25) is 0 Å². The predicted octanol–water partition coefficient (Wildman–Crippen LogP) is 2.57. The van der Waals surface area contributed by atoms with Gasteiger partial charge in [0.15, 0.2) is 0 Å². The van der Waals surface area contributed by atoms with Crippen LogP contribution < -0.4 is 0 Å². The summed E-state index contributed by atoms with van der Waals surface area (Å²) < 4.78 is 0. The number of aliphatic hydroxyl groups is 1. The van der Waals surface area contributed by atoms with Crippen molar-refractivity contribution in [3.8, 4) is 0 Å². The molecule has 1 aromatic rings. The Morgan fingerprint density at radius 1 is 1.58 bits per heavy atom. The minimum Gasteiger partial charge on any atom is -0.387 e. The standard InChI is InChI=1S/C9H12ClNO/c1-2-3-9(12)8-5-4-7(10)6-11-8/h4-6,9,12H,2-3H2,1H3/t9-/m1/s1. The Morgan fingerprint density at radius 3 is 2.83 bits per heavy atom. The van der Waals surface area contributed by atoms with Gasteiger partial charge in [-0.05, 0) is 18.6 Å². The van der Waals surface area contributed by atoms with Crippen molar-refractivity contribution >= 4 is 11.6 Å². The highest BCUT2D eigenvalue weighted by atomic mass is 35.5. The van der Waals surface area contributed by atoms with Crippen LogP contribution in [0.4, 0.5) is 0 Å². The smallest absolute Gasteiger partial charge is 0.0959 e. The predicted molar refractivity (Wildman–Crippen MR) is 49.1 cm³/mol. The van der Waals surface area contributed by atoms with E-state index in [4.69, 9.17) is 11.6 Å². The molecule has 0 aromatic carbocycles. The third-order valence-corrected chi connectivity index (χ3v) is 1.88. The van der Waals surface area contributed by atoms with Crippen LogP contribution in [0.2, 0.25) is 5.02 Å². The van der Waals surface area contributed by atoms with Crippen LogP contribution in [0.15, 0.2) is 18.3 Å². The van der Waals surface area contributed by atoms with Crippen LogP contribution in [0.1, 0.15) is 31.6 Å². The first kappa shape index (κ1) is 9.49. The lowest BCUT2D eigenvalue weighted by Crippen LogP contribution is -1.98. The lowest BCUT2D eigenvalue weighted by molar-refractivity contribution is 0.162. The molecule has 1 rings (SSSR count). The summed E-state index contributed by atoms with van der Waals surface area (Å²) in [5, 5.41) is 10.1. The van der Waals surface area contributed by atoms with E-state index in [-0.39, 0.29) is 0 Å².